The second-order valence-electron chi connectivity index (χ2n) is 4.68. The van der Waals surface area contributed by atoms with Gasteiger partial charge in [-0.3, -0.25) is 4.79 Å². The summed E-state index contributed by atoms with van der Waals surface area (Å²) in [6.45, 7) is 1.96. The first kappa shape index (κ1) is 15.8. The lowest BCUT2D eigenvalue weighted by molar-refractivity contribution is -0.274. The Bertz CT molecular complexity index is 669. The summed E-state index contributed by atoms with van der Waals surface area (Å²) in [6, 6.07) is 12.4. The van der Waals surface area contributed by atoms with Crippen molar-refractivity contribution in [2.75, 3.05) is 0 Å². The number of hydrogen-bond donors (Lipinski definition) is 0. The van der Waals surface area contributed by atoms with Crippen LogP contribution in [0, 0.1) is 6.92 Å². The van der Waals surface area contributed by atoms with Crippen molar-refractivity contribution in [2.45, 2.75) is 13.3 Å². The number of alkyl halides is 3. The van der Waals surface area contributed by atoms with Crippen LogP contribution in [0.3, 0.4) is 0 Å². The number of rotatable bonds is 4. The van der Waals surface area contributed by atoms with E-state index in [9.17, 15) is 18.0 Å². The maximum atomic E-state index is 12.0. The molecule has 0 aromatic heterocycles. The van der Waals surface area contributed by atoms with E-state index in [1.165, 1.54) is 18.2 Å². The lowest BCUT2D eigenvalue weighted by Crippen LogP contribution is -2.17. The van der Waals surface area contributed by atoms with Gasteiger partial charge >= 0.3 is 6.36 Å². The molecule has 114 valence electrons. The van der Waals surface area contributed by atoms with E-state index in [-0.39, 0.29) is 17.1 Å². The molecule has 0 saturated heterocycles. The first-order valence-electron chi connectivity index (χ1n) is 6.48. The van der Waals surface area contributed by atoms with Crippen LogP contribution in [0.5, 0.6) is 5.75 Å². The molecule has 0 radical (unpaired) electrons. The molecule has 2 aromatic rings. The standard InChI is InChI=1S/C17H13F3O2/c1-12-2-4-13(5-3-12)6-11-16(21)14-7-9-15(10-8-14)22-17(18,19)20/h2-11H,1H3. The van der Waals surface area contributed by atoms with E-state index in [0.717, 1.165) is 23.3 Å². The highest BCUT2D eigenvalue weighted by Crippen LogP contribution is 2.23. The highest BCUT2D eigenvalue weighted by Gasteiger charge is 2.30. The highest BCUT2D eigenvalue weighted by molar-refractivity contribution is 6.06. The Labute approximate surface area is 125 Å². The molecule has 0 fully saturated rings. The number of carbonyl (C=O) groups excluding carboxylic acids is 1. The molecule has 0 bridgehead atoms. The van der Waals surface area contributed by atoms with E-state index < -0.39 is 6.36 Å². The van der Waals surface area contributed by atoms with E-state index in [0.29, 0.717) is 0 Å². The maximum absolute atomic E-state index is 12.0. The zero-order valence-electron chi connectivity index (χ0n) is 11.7. The minimum Gasteiger partial charge on any atom is -0.406 e. The molecular weight excluding hydrogens is 293 g/mol. The van der Waals surface area contributed by atoms with E-state index >= 15 is 0 Å². The fraction of sp³-hybridized carbons (Fsp3) is 0.118. The number of halogens is 3. The number of ether oxygens (including phenoxy) is 1. The third-order valence-corrected chi connectivity index (χ3v) is 2.88. The molecule has 0 amide bonds. The van der Waals surface area contributed by atoms with Gasteiger partial charge in [-0.1, -0.05) is 35.9 Å². The summed E-state index contributed by atoms with van der Waals surface area (Å²) < 4.78 is 39.9. The van der Waals surface area contributed by atoms with Crippen molar-refractivity contribution in [2.24, 2.45) is 0 Å². The van der Waals surface area contributed by atoms with E-state index in [1.54, 1.807) is 6.08 Å². The molecule has 0 N–H and O–H groups in total. The summed E-state index contributed by atoms with van der Waals surface area (Å²) in [4.78, 5) is 11.9. The van der Waals surface area contributed by atoms with Crippen molar-refractivity contribution in [1.29, 1.82) is 0 Å². The lowest BCUT2D eigenvalue weighted by Gasteiger charge is -2.08. The Morgan fingerprint density at radius 3 is 2.14 bits per heavy atom. The Balaban J connectivity index is 2.05. The van der Waals surface area contributed by atoms with E-state index in [1.807, 2.05) is 31.2 Å². The van der Waals surface area contributed by atoms with Crippen molar-refractivity contribution in [3.63, 3.8) is 0 Å². The second-order valence-corrected chi connectivity index (χ2v) is 4.68. The van der Waals surface area contributed by atoms with Gasteiger partial charge in [0, 0.05) is 5.56 Å². The Morgan fingerprint density at radius 2 is 1.59 bits per heavy atom. The van der Waals surface area contributed by atoms with Gasteiger partial charge in [0.2, 0.25) is 0 Å². The minimum atomic E-state index is -4.74. The van der Waals surface area contributed by atoms with Gasteiger partial charge < -0.3 is 4.74 Å². The predicted octanol–water partition coefficient (Wildman–Crippen LogP) is 4.79. The number of hydrogen-bond acceptors (Lipinski definition) is 2. The average molecular weight is 306 g/mol. The first-order valence-corrected chi connectivity index (χ1v) is 6.48. The zero-order chi connectivity index (χ0) is 16.2. The number of ketones is 1. The summed E-state index contributed by atoms with van der Waals surface area (Å²) in [6.07, 6.45) is -1.71. The largest absolute Gasteiger partial charge is 0.573 e. The third kappa shape index (κ3) is 4.77. The Hall–Kier alpha value is -2.56. The fourth-order valence-electron chi connectivity index (χ4n) is 1.77. The van der Waals surface area contributed by atoms with Crippen LogP contribution < -0.4 is 4.74 Å². The summed E-state index contributed by atoms with van der Waals surface area (Å²) >= 11 is 0. The molecular formula is C17H13F3O2. The van der Waals surface area contributed by atoms with Gasteiger partial charge in [-0.05, 0) is 42.8 Å². The molecule has 0 saturated carbocycles. The number of benzene rings is 2. The van der Waals surface area contributed by atoms with Crippen molar-refractivity contribution >= 4 is 11.9 Å². The Kier molecular flexibility index (Phi) is 4.65. The van der Waals surface area contributed by atoms with Crippen LogP contribution in [-0.4, -0.2) is 12.1 Å². The highest BCUT2D eigenvalue weighted by atomic mass is 19.4. The lowest BCUT2D eigenvalue weighted by atomic mass is 10.1. The van der Waals surface area contributed by atoms with Crippen molar-refractivity contribution in [3.8, 4) is 5.75 Å². The third-order valence-electron chi connectivity index (χ3n) is 2.88. The molecule has 0 aliphatic carbocycles. The molecule has 5 heteroatoms. The fourth-order valence-corrected chi connectivity index (χ4v) is 1.77. The van der Waals surface area contributed by atoms with Gasteiger partial charge in [0.1, 0.15) is 5.75 Å². The van der Waals surface area contributed by atoms with Crippen molar-refractivity contribution in [1.82, 2.24) is 0 Å². The SMILES string of the molecule is Cc1ccc(C=CC(=O)c2ccc(OC(F)(F)F)cc2)cc1. The van der Waals surface area contributed by atoms with E-state index in [2.05, 4.69) is 4.74 Å². The van der Waals surface area contributed by atoms with E-state index in [4.69, 9.17) is 0 Å². The van der Waals surface area contributed by atoms with Gasteiger partial charge in [-0.2, -0.15) is 0 Å². The number of aryl methyl sites for hydroxylation is 1. The van der Waals surface area contributed by atoms with Crippen LogP contribution >= 0.6 is 0 Å². The molecule has 0 atom stereocenters. The predicted molar refractivity (Wildman–Crippen MR) is 77.7 cm³/mol. The summed E-state index contributed by atoms with van der Waals surface area (Å²) in [5.41, 5.74) is 2.28. The number of carbonyl (C=O) groups is 1. The molecule has 2 nitrogen and oxygen atoms in total. The minimum absolute atomic E-state index is 0.290. The number of allylic oxidation sites excluding steroid dienone is 1. The van der Waals surface area contributed by atoms with Crippen molar-refractivity contribution in [3.05, 3.63) is 71.3 Å². The van der Waals surface area contributed by atoms with Gasteiger partial charge in [-0.15, -0.1) is 13.2 Å². The Morgan fingerprint density at radius 1 is 1.00 bits per heavy atom. The molecule has 0 unspecified atom stereocenters. The smallest absolute Gasteiger partial charge is 0.406 e. The van der Waals surface area contributed by atoms with Crippen LogP contribution in [0.15, 0.2) is 54.6 Å². The maximum Gasteiger partial charge on any atom is 0.573 e. The topological polar surface area (TPSA) is 26.3 Å². The van der Waals surface area contributed by atoms with Crippen LogP contribution in [0.1, 0.15) is 21.5 Å². The molecule has 2 rings (SSSR count). The molecule has 2 aromatic carbocycles. The van der Waals surface area contributed by atoms with Gasteiger partial charge in [-0.25, -0.2) is 0 Å². The summed E-state index contributed by atoms with van der Waals surface area (Å²) in [5.74, 6) is -0.648. The van der Waals surface area contributed by atoms with Crippen LogP contribution in [-0.2, 0) is 0 Å². The van der Waals surface area contributed by atoms with Gasteiger partial charge in [0.15, 0.2) is 5.78 Å². The van der Waals surface area contributed by atoms with Gasteiger partial charge in [0.05, 0.1) is 0 Å². The average Bonchev–Trinajstić information content (AvgIpc) is 2.45. The molecule has 0 heterocycles. The van der Waals surface area contributed by atoms with Crippen molar-refractivity contribution < 1.29 is 22.7 Å². The van der Waals surface area contributed by atoms with Gasteiger partial charge in [0.25, 0.3) is 0 Å². The quantitative estimate of drug-likeness (QED) is 0.599. The zero-order valence-corrected chi connectivity index (χ0v) is 11.7. The van der Waals surface area contributed by atoms with Crippen LogP contribution in [0.2, 0.25) is 0 Å². The molecule has 22 heavy (non-hydrogen) atoms. The van der Waals surface area contributed by atoms with Crippen LogP contribution in [0.4, 0.5) is 13.2 Å². The van der Waals surface area contributed by atoms with Crippen LogP contribution in [0.25, 0.3) is 6.08 Å². The first-order chi connectivity index (χ1) is 10.3. The summed E-state index contributed by atoms with van der Waals surface area (Å²) in [5, 5.41) is 0. The second kappa shape index (κ2) is 6.47. The monoisotopic (exact) mass is 306 g/mol. The molecule has 0 spiro atoms. The normalized spacial score (nSPS) is 11.6. The molecule has 0 aliphatic rings. The molecule has 0 aliphatic heterocycles. The summed E-state index contributed by atoms with van der Waals surface area (Å²) in [7, 11) is 0.